The van der Waals surface area contributed by atoms with Crippen molar-refractivity contribution in [3.63, 3.8) is 0 Å². The normalized spacial score (nSPS) is 32.7. The summed E-state index contributed by atoms with van der Waals surface area (Å²) >= 11 is 0. The summed E-state index contributed by atoms with van der Waals surface area (Å²) in [5.41, 5.74) is -7.31. The van der Waals surface area contributed by atoms with E-state index in [4.69, 9.17) is 52.1 Å². The van der Waals surface area contributed by atoms with E-state index < -0.39 is 130 Å². The van der Waals surface area contributed by atoms with Crippen molar-refractivity contribution in [1.82, 2.24) is 5.32 Å². The highest BCUT2D eigenvalue weighted by Gasteiger charge is 2.78. The summed E-state index contributed by atoms with van der Waals surface area (Å²) in [4.78, 5) is 86.6. The van der Waals surface area contributed by atoms with Crippen LogP contribution in [0.25, 0.3) is 0 Å². The molecule has 8 rings (SSSR count). The molecule has 0 radical (unpaired) electrons. The molecule has 2 aromatic rings. The van der Waals surface area contributed by atoms with Crippen molar-refractivity contribution in [1.29, 1.82) is 0 Å². The van der Waals surface area contributed by atoms with Crippen molar-refractivity contribution in [2.45, 2.75) is 172 Å². The Hall–Kier alpha value is -5.44. The number of carbonyl (C=O) groups is 6. The maximum atomic E-state index is 15.9. The molecule has 74 heavy (non-hydrogen) atoms. The number of fused-ring (bicyclic) bond motifs is 5. The number of hydrogen-bond donors (Lipinski definition) is 2. The van der Waals surface area contributed by atoms with E-state index >= 15 is 9.59 Å². The Morgan fingerprint density at radius 1 is 0.905 bits per heavy atom. The number of methoxy groups -OCH3 is 2. The number of nitrogens with one attached hydrogen (secondary N) is 1. The van der Waals surface area contributed by atoms with Crippen LogP contribution in [0.3, 0.4) is 0 Å². The third kappa shape index (κ3) is 10.1. The molecule has 2 heterocycles. The number of hydrogen-bond acceptors (Lipinski definition) is 18. The first-order valence-electron chi connectivity index (χ1n) is 25.4. The molecule has 19 nitrogen and oxygen atoms in total. The molecular formula is C55H71NO18. The van der Waals surface area contributed by atoms with Crippen LogP contribution in [0.5, 0.6) is 0 Å². The fourth-order valence-electron chi connectivity index (χ4n) is 12.5. The van der Waals surface area contributed by atoms with Gasteiger partial charge in [-0.2, -0.15) is 0 Å². The first-order valence-corrected chi connectivity index (χ1v) is 25.4. The van der Waals surface area contributed by atoms with E-state index in [2.05, 4.69) is 5.32 Å². The number of ketones is 1. The zero-order chi connectivity index (χ0) is 53.6. The second-order valence-corrected chi connectivity index (χ2v) is 22.2. The molecular weight excluding hydrogens is 963 g/mol. The third-order valence-electron chi connectivity index (χ3n) is 16.2. The van der Waals surface area contributed by atoms with E-state index in [1.165, 1.54) is 33.3 Å². The summed E-state index contributed by atoms with van der Waals surface area (Å²) in [5.74, 6) is -5.48. The molecule has 5 fully saturated rings. The quantitative estimate of drug-likeness (QED) is 0.119. The van der Waals surface area contributed by atoms with Gasteiger partial charge in [0.2, 0.25) is 6.10 Å². The zero-order valence-electron chi connectivity index (χ0n) is 43.9. The number of ether oxygens (including phenoxy) is 11. The van der Waals surface area contributed by atoms with Gasteiger partial charge in [-0.3, -0.25) is 9.59 Å². The predicted octanol–water partition coefficient (Wildman–Crippen LogP) is 6.80. The number of alkyl carbamates (subject to hydrolysis) is 1. The van der Waals surface area contributed by atoms with Crippen LogP contribution >= 0.6 is 0 Å². The fraction of sp³-hybridized carbons (Fsp3) is 0.636. The van der Waals surface area contributed by atoms with Gasteiger partial charge in [-0.05, 0) is 76.3 Å². The van der Waals surface area contributed by atoms with Gasteiger partial charge < -0.3 is 62.5 Å². The lowest BCUT2D eigenvalue weighted by atomic mass is 9.44. The van der Waals surface area contributed by atoms with Crippen LogP contribution in [-0.2, 0) is 66.5 Å². The van der Waals surface area contributed by atoms with E-state index in [-0.39, 0.29) is 37.4 Å². The lowest BCUT2D eigenvalue weighted by Gasteiger charge is -2.67. The Bertz CT molecular complexity index is 2470. The highest BCUT2D eigenvalue weighted by atomic mass is 16.8. The van der Waals surface area contributed by atoms with E-state index in [1.54, 1.807) is 97.0 Å². The molecule has 2 aromatic carbocycles. The second kappa shape index (κ2) is 20.9. The monoisotopic (exact) mass is 1030 g/mol. The molecule has 12 atom stereocenters. The fourth-order valence-corrected chi connectivity index (χ4v) is 12.5. The molecule has 2 N–H and O–H groups in total. The number of carbonyl (C=O) groups excluding carboxylic acids is 6. The number of Topliss-reactive ketones (excluding diaryl/α,β-unsaturated/α-hetero) is 1. The van der Waals surface area contributed by atoms with Crippen LogP contribution in [0.2, 0.25) is 0 Å². The highest BCUT2D eigenvalue weighted by molar-refractivity contribution is 5.94. The van der Waals surface area contributed by atoms with Crippen LogP contribution in [-0.4, -0.2) is 140 Å². The molecule has 404 valence electrons. The molecule has 3 saturated carbocycles. The van der Waals surface area contributed by atoms with E-state index in [0.717, 1.165) is 19.3 Å². The SMILES string of the molecule is CO[C@H]1C(=O)[C@@]2(C)C([C@H](OC(=O)c3ccccc3)C3(O)C[C@H](OC(=O)[C@H](OC(=O)OCC4COC5(CCCCC5)O4)[C@@H](NC(=O)OC(C)(C)C)c4ccccc4)C(C)=C1C3(C)C)[C@]1(OC(C)=O)CO[C@@H]1C[C@@H]2OC. The first kappa shape index (κ1) is 54.8. The van der Waals surface area contributed by atoms with Gasteiger partial charge in [-0.25, -0.2) is 19.2 Å². The maximum Gasteiger partial charge on any atom is 0.509 e. The lowest BCUT2D eigenvalue weighted by Crippen LogP contribution is -2.82. The van der Waals surface area contributed by atoms with E-state index in [0.29, 0.717) is 24.0 Å². The molecule has 1 amide bonds. The largest absolute Gasteiger partial charge is 0.509 e. The second-order valence-electron chi connectivity index (χ2n) is 22.2. The Balaban J connectivity index is 1.23. The third-order valence-corrected chi connectivity index (χ3v) is 16.2. The molecule has 1 spiro atoms. The topological polar surface area (TPSA) is 236 Å². The number of aliphatic hydroxyl groups is 1. The minimum absolute atomic E-state index is 0.0877. The summed E-state index contributed by atoms with van der Waals surface area (Å²) in [5, 5.41) is 16.7. The average Bonchev–Trinajstić information content (AvgIpc) is 3.74. The molecule has 19 heteroatoms. The van der Waals surface area contributed by atoms with E-state index in [1.807, 2.05) is 0 Å². The number of rotatable bonds is 13. The van der Waals surface area contributed by atoms with Gasteiger partial charge in [0.25, 0.3) is 0 Å². The van der Waals surface area contributed by atoms with Crippen molar-refractivity contribution in [2.24, 2.45) is 16.7 Å². The summed E-state index contributed by atoms with van der Waals surface area (Å²) in [6.45, 7) is 12.4. The van der Waals surface area contributed by atoms with Crippen molar-refractivity contribution in [3.8, 4) is 0 Å². The minimum Gasteiger partial charge on any atom is -0.455 e. The minimum atomic E-state index is -2.31. The van der Waals surface area contributed by atoms with Gasteiger partial charge in [0.15, 0.2) is 17.2 Å². The molecule has 0 aromatic heterocycles. The molecule has 2 bridgehead atoms. The highest BCUT2D eigenvalue weighted by Crippen LogP contribution is 2.65. The standard InChI is InChI=1S/C55H71NO18/c1-31-36(69-47(60)42(40(33-20-14-11-15-21-33)56-48(61)74-50(3,4)5)70-49(62)66-28-35-29-68-53(73-35)24-18-13-19-25-53)27-55(63)45(71-46(59)34-22-16-12-17-23-34)43-52(8,44(58)41(65-10)39(31)51(55,6)7)37(64-9)26-38-54(43,30-67-38)72-32(2)57/h11-12,14-17,20-23,35-38,40-43,45,63H,13,18-19,24-30H2,1-10H3,(H,56,61)/t35?,36-,37-,38+,40-,41+,42+,43?,45-,52+,54-,55?/m0/s1. The van der Waals surface area contributed by atoms with Gasteiger partial charge in [0.1, 0.15) is 54.4 Å². The Labute approximate surface area is 431 Å². The number of esters is 3. The molecule has 4 aliphatic carbocycles. The van der Waals surface area contributed by atoms with Crippen LogP contribution in [0, 0.1) is 16.7 Å². The predicted molar refractivity (Wildman–Crippen MR) is 260 cm³/mol. The summed E-state index contributed by atoms with van der Waals surface area (Å²) in [7, 11) is 2.77. The van der Waals surface area contributed by atoms with Gasteiger partial charge in [-0.15, -0.1) is 0 Å². The van der Waals surface area contributed by atoms with Crippen LogP contribution in [0.1, 0.15) is 122 Å². The zero-order valence-corrected chi connectivity index (χ0v) is 43.9. The van der Waals surface area contributed by atoms with Crippen molar-refractivity contribution in [3.05, 3.63) is 82.9 Å². The van der Waals surface area contributed by atoms with Gasteiger partial charge >= 0.3 is 30.2 Å². The van der Waals surface area contributed by atoms with Crippen molar-refractivity contribution >= 4 is 35.9 Å². The van der Waals surface area contributed by atoms with Crippen LogP contribution < -0.4 is 5.32 Å². The smallest absolute Gasteiger partial charge is 0.455 e. The first-order chi connectivity index (χ1) is 34.9. The van der Waals surface area contributed by atoms with Gasteiger partial charge in [-0.1, -0.05) is 68.8 Å². The van der Waals surface area contributed by atoms with Crippen LogP contribution in [0.15, 0.2) is 71.8 Å². The Kier molecular flexibility index (Phi) is 15.5. The molecule has 2 saturated heterocycles. The van der Waals surface area contributed by atoms with Crippen molar-refractivity contribution in [2.75, 3.05) is 34.0 Å². The van der Waals surface area contributed by atoms with Gasteiger partial charge in [0, 0.05) is 52.2 Å². The summed E-state index contributed by atoms with van der Waals surface area (Å²) in [6.07, 6.45) is -7.46. The number of benzene rings is 2. The number of amides is 1. The Morgan fingerprint density at radius 2 is 1.57 bits per heavy atom. The molecule has 2 aliphatic heterocycles. The van der Waals surface area contributed by atoms with Crippen molar-refractivity contribution < 1.29 is 86.0 Å². The summed E-state index contributed by atoms with van der Waals surface area (Å²) in [6, 6.07) is 14.8. The average molecular weight is 1030 g/mol. The summed E-state index contributed by atoms with van der Waals surface area (Å²) < 4.78 is 67.1. The van der Waals surface area contributed by atoms with Gasteiger partial charge in [0.05, 0.1) is 36.2 Å². The van der Waals surface area contributed by atoms with Crippen LogP contribution in [0.4, 0.5) is 9.59 Å². The molecule has 3 unspecified atom stereocenters. The lowest BCUT2D eigenvalue weighted by molar-refractivity contribution is -0.347. The maximum absolute atomic E-state index is 15.9. The molecule has 6 aliphatic rings. The van der Waals surface area contributed by atoms with E-state index in [9.17, 15) is 24.3 Å². The Morgan fingerprint density at radius 3 is 2.16 bits per heavy atom.